The summed E-state index contributed by atoms with van der Waals surface area (Å²) in [5.74, 6) is -5.91. The second kappa shape index (κ2) is 9.51. The third-order valence-electron chi connectivity index (χ3n) is 6.84. The van der Waals surface area contributed by atoms with E-state index in [1.807, 2.05) is 0 Å². The minimum Gasteiger partial charge on any atom is -0.497 e. The highest BCUT2D eigenvalue weighted by Gasteiger charge is 2.49. The fourth-order valence-corrected chi connectivity index (χ4v) is 4.83. The SMILES string of the molecule is COc1ccc(C2[C@@H](NC(=O)C(C)(F)F)[C@@H](C)C(=O)N2c2ccc3c(cnn3-c3ccc(F)cc3)c2)cc1. The average Bonchev–Trinajstić information content (AvgIpc) is 3.42. The quantitative estimate of drug-likeness (QED) is 0.385. The maximum Gasteiger partial charge on any atom is 0.321 e. The molecule has 38 heavy (non-hydrogen) atoms. The van der Waals surface area contributed by atoms with Gasteiger partial charge < -0.3 is 15.0 Å². The zero-order valence-corrected chi connectivity index (χ0v) is 20.9. The predicted molar refractivity (Wildman–Crippen MR) is 136 cm³/mol. The van der Waals surface area contributed by atoms with Gasteiger partial charge in [-0.25, -0.2) is 9.07 Å². The number of anilines is 1. The van der Waals surface area contributed by atoms with Crippen LogP contribution in [0.2, 0.25) is 0 Å². The lowest BCUT2D eigenvalue weighted by molar-refractivity contribution is -0.144. The van der Waals surface area contributed by atoms with E-state index in [4.69, 9.17) is 4.74 Å². The normalized spacial score (nSPS) is 19.7. The summed E-state index contributed by atoms with van der Waals surface area (Å²) in [6.45, 7) is 2.14. The van der Waals surface area contributed by atoms with E-state index in [1.54, 1.807) is 72.4 Å². The number of alkyl halides is 2. The van der Waals surface area contributed by atoms with E-state index < -0.39 is 29.8 Å². The Labute approximate surface area is 216 Å². The lowest BCUT2D eigenvalue weighted by Gasteiger charge is -2.30. The van der Waals surface area contributed by atoms with Crippen LogP contribution in [0.1, 0.15) is 25.5 Å². The molecule has 1 aliphatic rings. The molecule has 2 heterocycles. The molecule has 0 bridgehead atoms. The summed E-state index contributed by atoms with van der Waals surface area (Å²) in [6, 6.07) is 16.5. The van der Waals surface area contributed by atoms with Crippen LogP contribution in [0.5, 0.6) is 5.75 Å². The van der Waals surface area contributed by atoms with Gasteiger partial charge in [-0.3, -0.25) is 9.59 Å². The lowest BCUT2D eigenvalue weighted by atomic mass is 9.94. The first-order chi connectivity index (χ1) is 18.1. The molecule has 1 saturated heterocycles. The molecular formula is C28H25F3N4O3. The highest BCUT2D eigenvalue weighted by atomic mass is 19.3. The smallest absolute Gasteiger partial charge is 0.321 e. The van der Waals surface area contributed by atoms with Gasteiger partial charge in [0.15, 0.2) is 0 Å². The number of hydrogen-bond donors (Lipinski definition) is 1. The van der Waals surface area contributed by atoms with E-state index in [-0.39, 0.29) is 11.7 Å². The van der Waals surface area contributed by atoms with Gasteiger partial charge in [0.05, 0.1) is 42.5 Å². The van der Waals surface area contributed by atoms with Crippen LogP contribution >= 0.6 is 0 Å². The van der Waals surface area contributed by atoms with E-state index in [2.05, 4.69) is 10.4 Å². The Morgan fingerprint density at radius 2 is 1.68 bits per heavy atom. The molecule has 1 unspecified atom stereocenters. The molecule has 0 aliphatic carbocycles. The molecule has 0 radical (unpaired) electrons. The Kier molecular flexibility index (Phi) is 6.34. The number of rotatable bonds is 6. The molecule has 1 fully saturated rings. The number of benzene rings is 3. The highest BCUT2D eigenvalue weighted by molar-refractivity contribution is 6.01. The molecule has 1 aromatic heterocycles. The van der Waals surface area contributed by atoms with Crippen molar-refractivity contribution in [3.8, 4) is 11.4 Å². The number of ether oxygens (including phenoxy) is 1. The third kappa shape index (κ3) is 4.46. The molecule has 2 amide bonds. The standard InChI is InChI=1S/C28H25F3N4O3/c1-16-24(33-27(37)28(2,30)31)25(17-4-11-22(38-3)12-5-17)34(26(16)36)21-10-13-23-18(14-21)15-32-35(23)20-8-6-19(29)7-9-20/h4-16,24-25H,1-3H3,(H,33,37)/t16-,24+,25?/m1/s1. The van der Waals surface area contributed by atoms with Crippen molar-refractivity contribution in [2.45, 2.75) is 31.9 Å². The van der Waals surface area contributed by atoms with E-state index in [1.165, 1.54) is 24.1 Å². The predicted octanol–water partition coefficient (Wildman–Crippen LogP) is 5.04. The van der Waals surface area contributed by atoms with E-state index in [9.17, 15) is 22.8 Å². The van der Waals surface area contributed by atoms with Crippen molar-refractivity contribution < 1.29 is 27.5 Å². The highest BCUT2D eigenvalue weighted by Crippen LogP contribution is 2.42. The third-order valence-corrected chi connectivity index (χ3v) is 6.84. The van der Waals surface area contributed by atoms with Crippen LogP contribution in [-0.2, 0) is 9.59 Å². The van der Waals surface area contributed by atoms with Crippen molar-refractivity contribution >= 4 is 28.4 Å². The Morgan fingerprint density at radius 3 is 2.32 bits per heavy atom. The zero-order valence-electron chi connectivity index (χ0n) is 20.9. The Bertz CT molecular complexity index is 1500. The number of halogens is 3. The molecule has 7 nitrogen and oxygen atoms in total. The molecule has 4 aromatic rings. The molecule has 0 saturated carbocycles. The molecule has 10 heteroatoms. The monoisotopic (exact) mass is 522 g/mol. The molecule has 1 N–H and O–H groups in total. The minimum atomic E-state index is -3.60. The minimum absolute atomic E-state index is 0.319. The second-order valence-electron chi connectivity index (χ2n) is 9.38. The van der Waals surface area contributed by atoms with Gasteiger partial charge in [-0.15, -0.1) is 0 Å². The zero-order chi connectivity index (χ0) is 27.2. The van der Waals surface area contributed by atoms with Crippen LogP contribution in [0.15, 0.2) is 72.9 Å². The second-order valence-corrected chi connectivity index (χ2v) is 9.38. The average molecular weight is 523 g/mol. The largest absolute Gasteiger partial charge is 0.497 e. The van der Waals surface area contributed by atoms with Crippen LogP contribution in [-0.4, -0.2) is 40.7 Å². The summed E-state index contributed by atoms with van der Waals surface area (Å²) in [6.07, 6.45) is 1.63. The van der Waals surface area contributed by atoms with Gasteiger partial charge in [-0.1, -0.05) is 19.1 Å². The number of fused-ring (bicyclic) bond motifs is 1. The molecule has 0 spiro atoms. The fourth-order valence-electron chi connectivity index (χ4n) is 4.83. The van der Waals surface area contributed by atoms with Crippen LogP contribution in [0.3, 0.4) is 0 Å². The first kappa shape index (κ1) is 25.3. The van der Waals surface area contributed by atoms with E-state index >= 15 is 0 Å². The summed E-state index contributed by atoms with van der Waals surface area (Å²) in [4.78, 5) is 27.4. The first-order valence-corrected chi connectivity index (χ1v) is 12.0. The molecule has 5 rings (SSSR count). The summed E-state index contributed by atoms with van der Waals surface area (Å²) < 4.78 is 47.9. The maximum atomic E-state index is 13.8. The van der Waals surface area contributed by atoms with Crippen LogP contribution in [0.4, 0.5) is 18.9 Å². The Morgan fingerprint density at radius 1 is 1.03 bits per heavy atom. The van der Waals surface area contributed by atoms with Crippen molar-refractivity contribution in [3.05, 3.63) is 84.3 Å². The van der Waals surface area contributed by atoms with Crippen molar-refractivity contribution in [2.75, 3.05) is 12.0 Å². The lowest BCUT2D eigenvalue weighted by Crippen LogP contribution is -2.48. The van der Waals surface area contributed by atoms with Crippen molar-refractivity contribution in [3.63, 3.8) is 0 Å². The van der Waals surface area contributed by atoms with Gasteiger partial charge in [0, 0.05) is 18.0 Å². The fraction of sp³-hybridized carbons (Fsp3) is 0.250. The molecule has 1 aliphatic heterocycles. The summed E-state index contributed by atoms with van der Waals surface area (Å²) in [5.41, 5.74) is 2.57. The van der Waals surface area contributed by atoms with E-state index in [0.717, 1.165) is 5.52 Å². The summed E-state index contributed by atoms with van der Waals surface area (Å²) in [7, 11) is 1.52. The number of carbonyl (C=O) groups is 2. The Hall–Kier alpha value is -4.34. The summed E-state index contributed by atoms with van der Waals surface area (Å²) >= 11 is 0. The van der Waals surface area contributed by atoms with Gasteiger partial charge in [0.25, 0.3) is 5.91 Å². The van der Waals surface area contributed by atoms with E-state index in [0.29, 0.717) is 35.0 Å². The van der Waals surface area contributed by atoms with Gasteiger partial charge in [-0.05, 0) is 60.2 Å². The molecule has 3 aromatic carbocycles. The molecule has 3 atom stereocenters. The number of methoxy groups -OCH3 is 1. The number of carbonyl (C=O) groups excluding carboxylic acids is 2. The number of amides is 2. The summed E-state index contributed by atoms with van der Waals surface area (Å²) in [5, 5.41) is 7.54. The van der Waals surface area contributed by atoms with Crippen LogP contribution < -0.4 is 15.0 Å². The van der Waals surface area contributed by atoms with Gasteiger partial charge in [0.2, 0.25) is 5.91 Å². The van der Waals surface area contributed by atoms with Gasteiger partial charge in [0.1, 0.15) is 11.6 Å². The molecule has 196 valence electrons. The van der Waals surface area contributed by atoms with Crippen molar-refractivity contribution in [1.29, 1.82) is 0 Å². The number of hydrogen-bond acceptors (Lipinski definition) is 4. The molecular weight excluding hydrogens is 497 g/mol. The van der Waals surface area contributed by atoms with Crippen LogP contribution in [0.25, 0.3) is 16.6 Å². The maximum absolute atomic E-state index is 13.8. The van der Waals surface area contributed by atoms with Gasteiger partial charge in [-0.2, -0.15) is 13.9 Å². The number of nitrogens with zero attached hydrogens (tertiary/aromatic N) is 3. The number of nitrogens with one attached hydrogen (secondary N) is 1. The van der Waals surface area contributed by atoms with Gasteiger partial charge >= 0.3 is 5.92 Å². The number of aromatic nitrogens is 2. The van der Waals surface area contributed by atoms with Crippen molar-refractivity contribution in [1.82, 2.24) is 15.1 Å². The Balaban J connectivity index is 1.57. The van der Waals surface area contributed by atoms with Crippen LogP contribution in [0, 0.1) is 11.7 Å². The van der Waals surface area contributed by atoms with Crippen molar-refractivity contribution in [2.24, 2.45) is 5.92 Å². The first-order valence-electron chi connectivity index (χ1n) is 12.0. The topological polar surface area (TPSA) is 76.5 Å².